The van der Waals surface area contributed by atoms with Gasteiger partial charge in [-0.1, -0.05) is 43.7 Å². The van der Waals surface area contributed by atoms with Crippen molar-refractivity contribution in [3.63, 3.8) is 0 Å². The fourth-order valence-corrected chi connectivity index (χ4v) is 3.32. The van der Waals surface area contributed by atoms with E-state index in [-0.39, 0.29) is 6.09 Å². The smallest absolute Gasteiger partial charge is 0.410 e. The Bertz CT molecular complexity index is 524. The molecule has 1 saturated heterocycles. The number of carbonyl (C=O) groups is 1. The Morgan fingerprint density at radius 3 is 2.58 bits per heavy atom. The second kappa shape index (κ2) is 8.02. The first-order valence-electron chi connectivity index (χ1n) is 9.09. The fraction of sp³-hybridized carbons (Fsp3) is 0.650. The molecule has 0 bridgehead atoms. The predicted molar refractivity (Wildman–Crippen MR) is 98.0 cm³/mol. The Morgan fingerprint density at radius 2 is 2.00 bits per heavy atom. The highest BCUT2D eigenvalue weighted by Gasteiger charge is 2.33. The molecule has 2 rings (SSSR count). The first-order chi connectivity index (χ1) is 11.3. The van der Waals surface area contributed by atoms with Crippen LogP contribution in [0.1, 0.15) is 59.1 Å². The Morgan fingerprint density at radius 1 is 1.33 bits per heavy atom. The Balaban J connectivity index is 1.94. The molecule has 1 aromatic carbocycles. The maximum absolute atomic E-state index is 12.3. The summed E-state index contributed by atoms with van der Waals surface area (Å²) in [7, 11) is 0. The summed E-state index contributed by atoms with van der Waals surface area (Å²) >= 11 is 0. The number of nitrogens with one attached hydrogen (secondary N) is 1. The van der Waals surface area contributed by atoms with Gasteiger partial charge in [0.2, 0.25) is 0 Å². The number of carbonyl (C=O) groups excluding carboxylic acids is 1. The lowest BCUT2D eigenvalue weighted by Gasteiger charge is -2.40. The van der Waals surface area contributed by atoms with Crippen LogP contribution in [0.4, 0.5) is 4.79 Å². The lowest BCUT2D eigenvalue weighted by Crippen LogP contribution is -2.52. The van der Waals surface area contributed by atoms with Crippen LogP contribution in [0, 0.1) is 5.92 Å². The number of ether oxygens (including phenoxy) is 1. The summed E-state index contributed by atoms with van der Waals surface area (Å²) in [4.78, 5) is 14.2. The number of rotatable bonds is 4. The molecule has 0 aromatic heterocycles. The number of hydrogen-bond donors (Lipinski definition) is 1. The molecular formula is C20H32N2O2. The molecule has 134 valence electrons. The van der Waals surface area contributed by atoms with Crippen molar-refractivity contribution >= 4 is 6.09 Å². The van der Waals surface area contributed by atoms with E-state index in [2.05, 4.69) is 43.4 Å². The van der Waals surface area contributed by atoms with Crippen LogP contribution < -0.4 is 5.32 Å². The largest absolute Gasteiger partial charge is 0.444 e. The quantitative estimate of drug-likeness (QED) is 0.890. The molecule has 0 spiro atoms. The molecule has 0 unspecified atom stereocenters. The van der Waals surface area contributed by atoms with Crippen molar-refractivity contribution in [3.8, 4) is 0 Å². The Labute approximate surface area is 146 Å². The molecule has 24 heavy (non-hydrogen) atoms. The van der Waals surface area contributed by atoms with Gasteiger partial charge in [0.1, 0.15) is 5.60 Å². The normalized spacial score (nSPS) is 23.0. The molecule has 4 nitrogen and oxygen atoms in total. The SMILES string of the molecule is CC[C@@H]1CN(C(=O)OC(C)(C)C)CC[C@@H]1N[C@@H](C)c1ccccc1. The minimum Gasteiger partial charge on any atom is -0.444 e. The van der Waals surface area contributed by atoms with Gasteiger partial charge >= 0.3 is 6.09 Å². The summed E-state index contributed by atoms with van der Waals surface area (Å²) in [6.07, 6.45) is 1.84. The van der Waals surface area contributed by atoms with Gasteiger partial charge in [0.15, 0.2) is 0 Å². The predicted octanol–water partition coefficient (Wildman–Crippen LogP) is 4.37. The van der Waals surface area contributed by atoms with E-state index in [1.54, 1.807) is 0 Å². The molecule has 0 saturated carbocycles. The molecular weight excluding hydrogens is 300 g/mol. The topological polar surface area (TPSA) is 41.6 Å². The van der Waals surface area contributed by atoms with Crippen LogP contribution >= 0.6 is 0 Å². The van der Waals surface area contributed by atoms with E-state index in [1.165, 1.54) is 5.56 Å². The van der Waals surface area contributed by atoms with Gasteiger partial charge in [-0.3, -0.25) is 0 Å². The van der Waals surface area contributed by atoms with E-state index in [0.29, 0.717) is 18.0 Å². The maximum atomic E-state index is 12.3. The van der Waals surface area contributed by atoms with Crippen molar-refractivity contribution in [2.45, 2.75) is 65.1 Å². The first-order valence-corrected chi connectivity index (χ1v) is 9.09. The molecule has 1 fully saturated rings. The third-order valence-electron chi connectivity index (χ3n) is 4.67. The van der Waals surface area contributed by atoms with E-state index < -0.39 is 5.60 Å². The first kappa shape index (κ1) is 18.8. The third-order valence-corrected chi connectivity index (χ3v) is 4.67. The van der Waals surface area contributed by atoms with Gasteiger partial charge in [-0.25, -0.2) is 4.79 Å². The molecule has 1 aliphatic heterocycles. The van der Waals surface area contributed by atoms with E-state index >= 15 is 0 Å². The van der Waals surface area contributed by atoms with Crippen molar-refractivity contribution in [2.24, 2.45) is 5.92 Å². The number of benzene rings is 1. The van der Waals surface area contributed by atoms with Gasteiger partial charge in [0, 0.05) is 25.2 Å². The highest BCUT2D eigenvalue weighted by molar-refractivity contribution is 5.68. The van der Waals surface area contributed by atoms with Crippen molar-refractivity contribution in [2.75, 3.05) is 13.1 Å². The number of piperidine rings is 1. The summed E-state index contributed by atoms with van der Waals surface area (Å²) in [5.74, 6) is 0.456. The van der Waals surface area contributed by atoms with Crippen molar-refractivity contribution in [1.82, 2.24) is 10.2 Å². The molecule has 1 heterocycles. The summed E-state index contributed by atoms with van der Waals surface area (Å²) < 4.78 is 5.52. The number of amides is 1. The van der Waals surface area contributed by atoms with Crippen LogP contribution in [-0.4, -0.2) is 35.7 Å². The average Bonchev–Trinajstić information content (AvgIpc) is 2.54. The Kier molecular flexibility index (Phi) is 6.27. The Hall–Kier alpha value is -1.55. The average molecular weight is 332 g/mol. The molecule has 1 aromatic rings. The molecule has 0 radical (unpaired) electrons. The van der Waals surface area contributed by atoms with Crippen LogP contribution in [0.2, 0.25) is 0 Å². The summed E-state index contributed by atoms with van der Waals surface area (Å²) in [5.41, 5.74) is 0.873. The number of nitrogens with zero attached hydrogens (tertiary/aromatic N) is 1. The van der Waals surface area contributed by atoms with E-state index in [4.69, 9.17) is 4.74 Å². The van der Waals surface area contributed by atoms with Crippen LogP contribution in [0.3, 0.4) is 0 Å². The van der Waals surface area contributed by atoms with Gasteiger partial charge in [-0.05, 0) is 45.6 Å². The van der Waals surface area contributed by atoms with Crippen LogP contribution in [0.25, 0.3) is 0 Å². The lowest BCUT2D eigenvalue weighted by molar-refractivity contribution is 0.0125. The van der Waals surface area contributed by atoms with Crippen molar-refractivity contribution in [1.29, 1.82) is 0 Å². The summed E-state index contributed by atoms with van der Waals surface area (Å²) in [6.45, 7) is 11.7. The second-order valence-electron chi connectivity index (χ2n) is 7.79. The maximum Gasteiger partial charge on any atom is 0.410 e. The second-order valence-corrected chi connectivity index (χ2v) is 7.79. The third kappa shape index (κ3) is 5.23. The van der Waals surface area contributed by atoms with Gasteiger partial charge in [0.05, 0.1) is 0 Å². The fourth-order valence-electron chi connectivity index (χ4n) is 3.32. The lowest BCUT2D eigenvalue weighted by atomic mass is 9.89. The summed E-state index contributed by atoms with van der Waals surface area (Å²) in [5, 5.41) is 3.77. The molecule has 0 aliphatic carbocycles. The van der Waals surface area contributed by atoms with Gasteiger partial charge in [0.25, 0.3) is 0 Å². The summed E-state index contributed by atoms with van der Waals surface area (Å²) in [6, 6.07) is 11.3. The van der Waals surface area contributed by atoms with Crippen molar-refractivity contribution in [3.05, 3.63) is 35.9 Å². The zero-order valence-electron chi connectivity index (χ0n) is 15.7. The zero-order valence-corrected chi connectivity index (χ0v) is 15.7. The standard InChI is InChI=1S/C20H32N2O2/c1-6-16-14-22(19(23)24-20(3,4)5)13-12-18(16)21-15(2)17-10-8-7-9-11-17/h7-11,15-16,18,21H,6,12-14H2,1-5H3/t15-,16+,18-/m0/s1. The minimum atomic E-state index is -0.435. The number of likely N-dealkylation sites (tertiary alicyclic amines) is 1. The zero-order chi connectivity index (χ0) is 17.7. The molecule has 4 heteroatoms. The highest BCUT2D eigenvalue weighted by Crippen LogP contribution is 2.25. The van der Waals surface area contributed by atoms with E-state index in [0.717, 1.165) is 25.9 Å². The van der Waals surface area contributed by atoms with Crippen LogP contribution in [0.5, 0.6) is 0 Å². The molecule has 3 atom stereocenters. The van der Waals surface area contributed by atoms with Crippen molar-refractivity contribution < 1.29 is 9.53 Å². The molecule has 1 aliphatic rings. The van der Waals surface area contributed by atoms with Gasteiger partial charge in [-0.15, -0.1) is 0 Å². The monoisotopic (exact) mass is 332 g/mol. The molecule has 1 N–H and O–H groups in total. The van der Waals surface area contributed by atoms with E-state index in [1.807, 2.05) is 31.7 Å². The van der Waals surface area contributed by atoms with E-state index in [9.17, 15) is 4.79 Å². The minimum absolute atomic E-state index is 0.185. The van der Waals surface area contributed by atoms with Crippen LogP contribution in [-0.2, 0) is 4.74 Å². The number of hydrogen-bond acceptors (Lipinski definition) is 3. The highest BCUT2D eigenvalue weighted by atomic mass is 16.6. The molecule has 1 amide bonds. The van der Waals surface area contributed by atoms with Gasteiger partial charge in [-0.2, -0.15) is 0 Å². The van der Waals surface area contributed by atoms with Crippen LogP contribution in [0.15, 0.2) is 30.3 Å². The van der Waals surface area contributed by atoms with Gasteiger partial charge < -0.3 is 15.0 Å².